The summed E-state index contributed by atoms with van der Waals surface area (Å²) in [5.74, 6) is 1.55. The van der Waals surface area contributed by atoms with E-state index in [0.29, 0.717) is 12.6 Å². The quantitative estimate of drug-likeness (QED) is 0.906. The zero-order chi connectivity index (χ0) is 14.7. The minimum atomic E-state index is 0.237. The van der Waals surface area contributed by atoms with Crippen LogP contribution < -0.4 is 5.32 Å². The molecule has 2 aliphatic rings. The Kier molecular flexibility index (Phi) is 4.87. The molecule has 1 aliphatic carbocycles. The van der Waals surface area contributed by atoms with E-state index < -0.39 is 0 Å². The molecule has 2 heterocycles. The molecule has 0 radical (unpaired) electrons. The lowest BCUT2D eigenvalue weighted by molar-refractivity contribution is 0.214. The van der Waals surface area contributed by atoms with Crippen LogP contribution in [0.4, 0.5) is 0 Å². The molecule has 0 bridgehead atoms. The first kappa shape index (κ1) is 14.9. The highest BCUT2D eigenvalue weighted by atomic mass is 16.5. The molecule has 0 aromatic carbocycles. The van der Waals surface area contributed by atoms with Crippen molar-refractivity contribution < 1.29 is 4.52 Å². The molecule has 6 heteroatoms. The summed E-state index contributed by atoms with van der Waals surface area (Å²) in [6.45, 7) is 3.88. The van der Waals surface area contributed by atoms with Crippen LogP contribution in [0.25, 0.3) is 0 Å². The normalized spacial score (nSPS) is 26.3. The van der Waals surface area contributed by atoms with E-state index in [0.717, 1.165) is 31.3 Å². The maximum atomic E-state index is 5.43. The van der Waals surface area contributed by atoms with Crippen LogP contribution in [0.15, 0.2) is 4.52 Å². The third kappa shape index (κ3) is 3.81. The molecule has 6 nitrogen and oxygen atoms in total. The van der Waals surface area contributed by atoms with Crippen molar-refractivity contribution in [2.75, 3.05) is 33.7 Å². The summed E-state index contributed by atoms with van der Waals surface area (Å²) in [6, 6.07) is 0.869. The van der Waals surface area contributed by atoms with Crippen LogP contribution in [-0.2, 0) is 6.54 Å². The van der Waals surface area contributed by atoms with Gasteiger partial charge in [-0.05, 0) is 46.4 Å². The van der Waals surface area contributed by atoms with E-state index in [1.165, 1.54) is 32.1 Å². The van der Waals surface area contributed by atoms with E-state index in [1.807, 2.05) is 0 Å². The molecule has 118 valence electrons. The molecule has 1 atom stereocenters. The molecule has 1 aliphatic heterocycles. The Bertz CT molecular complexity index is 443. The zero-order valence-corrected chi connectivity index (χ0v) is 13.2. The number of rotatable bonds is 4. The molecule has 0 spiro atoms. The average Bonchev–Trinajstić information content (AvgIpc) is 3.11. The van der Waals surface area contributed by atoms with Gasteiger partial charge in [-0.3, -0.25) is 4.90 Å². The molecule has 2 fully saturated rings. The van der Waals surface area contributed by atoms with Gasteiger partial charge in [0.05, 0.1) is 12.6 Å². The summed E-state index contributed by atoms with van der Waals surface area (Å²) >= 11 is 0. The number of likely N-dealkylation sites (N-methyl/N-ethyl adjacent to an activating group) is 2. The molecule has 1 aromatic rings. The number of hydrogen-bond acceptors (Lipinski definition) is 6. The molecule has 1 N–H and O–H groups in total. The van der Waals surface area contributed by atoms with Crippen LogP contribution >= 0.6 is 0 Å². The van der Waals surface area contributed by atoms with Crippen molar-refractivity contribution in [2.24, 2.45) is 0 Å². The largest absolute Gasteiger partial charge is 0.338 e. The number of nitrogens with zero attached hydrogens (tertiary/aromatic N) is 4. The van der Waals surface area contributed by atoms with Gasteiger partial charge < -0.3 is 14.7 Å². The molecule has 1 saturated heterocycles. The summed E-state index contributed by atoms with van der Waals surface area (Å²) < 4.78 is 5.43. The fraction of sp³-hybridized carbons (Fsp3) is 0.867. The second-order valence-electron chi connectivity index (χ2n) is 6.52. The molecule has 1 aromatic heterocycles. The Morgan fingerprint density at radius 3 is 2.81 bits per heavy atom. The Balaban J connectivity index is 1.60. The molecular weight excluding hydrogens is 266 g/mol. The van der Waals surface area contributed by atoms with Crippen LogP contribution in [0.3, 0.4) is 0 Å². The maximum Gasteiger partial charge on any atom is 0.240 e. The van der Waals surface area contributed by atoms with Crippen LogP contribution in [0.2, 0.25) is 0 Å². The Hall–Kier alpha value is -0.980. The SMILES string of the molecule is CN1CCCN(C)C(c2noc(CNC3CCCC3)n2)C1. The Morgan fingerprint density at radius 1 is 1.19 bits per heavy atom. The highest BCUT2D eigenvalue weighted by molar-refractivity contribution is 4.97. The van der Waals surface area contributed by atoms with Gasteiger partial charge in [-0.25, -0.2) is 0 Å². The fourth-order valence-electron chi connectivity index (χ4n) is 3.39. The van der Waals surface area contributed by atoms with Crippen molar-refractivity contribution in [3.8, 4) is 0 Å². The van der Waals surface area contributed by atoms with Crippen LogP contribution in [0.1, 0.15) is 49.9 Å². The van der Waals surface area contributed by atoms with E-state index >= 15 is 0 Å². The first-order valence-corrected chi connectivity index (χ1v) is 8.17. The third-order valence-corrected chi connectivity index (χ3v) is 4.75. The second kappa shape index (κ2) is 6.85. The predicted molar refractivity (Wildman–Crippen MR) is 80.9 cm³/mol. The minimum absolute atomic E-state index is 0.237. The zero-order valence-electron chi connectivity index (χ0n) is 13.2. The Morgan fingerprint density at radius 2 is 2.00 bits per heavy atom. The summed E-state index contributed by atoms with van der Waals surface area (Å²) in [5, 5.41) is 7.74. The standard InChI is InChI=1S/C15H27N5O/c1-19-8-5-9-20(2)13(11-19)15-17-14(21-18-15)10-16-12-6-3-4-7-12/h12-13,16H,3-11H2,1-2H3. The molecule has 21 heavy (non-hydrogen) atoms. The highest BCUT2D eigenvalue weighted by Crippen LogP contribution is 2.21. The van der Waals surface area contributed by atoms with Gasteiger partial charge in [0.25, 0.3) is 0 Å². The number of nitrogens with one attached hydrogen (secondary N) is 1. The lowest BCUT2D eigenvalue weighted by Gasteiger charge is -2.24. The topological polar surface area (TPSA) is 57.4 Å². The summed E-state index contributed by atoms with van der Waals surface area (Å²) in [6.07, 6.45) is 6.42. The van der Waals surface area contributed by atoms with E-state index in [9.17, 15) is 0 Å². The van der Waals surface area contributed by atoms with Gasteiger partial charge >= 0.3 is 0 Å². The van der Waals surface area contributed by atoms with Gasteiger partial charge in [0.1, 0.15) is 0 Å². The van der Waals surface area contributed by atoms with E-state index in [4.69, 9.17) is 4.52 Å². The summed E-state index contributed by atoms with van der Waals surface area (Å²) in [7, 11) is 4.31. The Labute approximate surface area is 126 Å². The first-order valence-electron chi connectivity index (χ1n) is 8.17. The lowest BCUT2D eigenvalue weighted by Crippen LogP contribution is -2.31. The summed E-state index contributed by atoms with van der Waals surface area (Å²) in [4.78, 5) is 9.30. The van der Waals surface area contributed by atoms with Crippen LogP contribution in [0, 0.1) is 0 Å². The van der Waals surface area contributed by atoms with Gasteiger partial charge in [-0.2, -0.15) is 4.98 Å². The number of aromatic nitrogens is 2. The van der Waals surface area contributed by atoms with Crippen molar-refractivity contribution in [2.45, 2.75) is 50.7 Å². The van der Waals surface area contributed by atoms with Gasteiger partial charge in [0, 0.05) is 12.6 Å². The maximum absolute atomic E-state index is 5.43. The fourth-order valence-corrected chi connectivity index (χ4v) is 3.39. The van der Waals surface area contributed by atoms with E-state index in [1.54, 1.807) is 0 Å². The van der Waals surface area contributed by atoms with Gasteiger partial charge in [-0.1, -0.05) is 18.0 Å². The predicted octanol–water partition coefficient (Wildman–Crippen LogP) is 1.41. The van der Waals surface area contributed by atoms with Crippen molar-refractivity contribution in [1.82, 2.24) is 25.3 Å². The molecule has 1 unspecified atom stereocenters. The van der Waals surface area contributed by atoms with Crippen LogP contribution in [0.5, 0.6) is 0 Å². The molecule has 1 saturated carbocycles. The van der Waals surface area contributed by atoms with E-state index in [2.05, 4.69) is 39.4 Å². The first-order chi connectivity index (χ1) is 10.2. The second-order valence-corrected chi connectivity index (χ2v) is 6.52. The number of hydrogen-bond donors (Lipinski definition) is 1. The molecule has 3 rings (SSSR count). The van der Waals surface area contributed by atoms with Crippen molar-refractivity contribution in [1.29, 1.82) is 0 Å². The van der Waals surface area contributed by atoms with Crippen molar-refractivity contribution >= 4 is 0 Å². The summed E-state index contributed by atoms with van der Waals surface area (Å²) in [5.41, 5.74) is 0. The van der Waals surface area contributed by atoms with Crippen LogP contribution in [-0.4, -0.2) is 59.7 Å². The van der Waals surface area contributed by atoms with Crippen molar-refractivity contribution in [3.05, 3.63) is 11.7 Å². The molecular formula is C15H27N5O. The highest BCUT2D eigenvalue weighted by Gasteiger charge is 2.26. The molecule has 0 amide bonds. The van der Waals surface area contributed by atoms with Gasteiger partial charge in [0.2, 0.25) is 5.89 Å². The van der Waals surface area contributed by atoms with Gasteiger partial charge in [0.15, 0.2) is 5.82 Å². The lowest BCUT2D eigenvalue weighted by atomic mass is 10.2. The monoisotopic (exact) mass is 293 g/mol. The minimum Gasteiger partial charge on any atom is -0.338 e. The third-order valence-electron chi connectivity index (χ3n) is 4.75. The van der Waals surface area contributed by atoms with E-state index in [-0.39, 0.29) is 6.04 Å². The smallest absolute Gasteiger partial charge is 0.240 e. The average molecular weight is 293 g/mol. The van der Waals surface area contributed by atoms with Gasteiger partial charge in [-0.15, -0.1) is 0 Å². The van der Waals surface area contributed by atoms with Crippen molar-refractivity contribution in [3.63, 3.8) is 0 Å².